The van der Waals surface area contributed by atoms with Crippen molar-refractivity contribution < 1.29 is 4.74 Å². The second-order valence-electron chi connectivity index (χ2n) is 9.31. The van der Waals surface area contributed by atoms with E-state index in [0.717, 1.165) is 56.8 Å². The highest BCUT2D eigenvalue weighted by molar-refractivity contribution is 7.08. The lowest BCUT2D eigenvalue weighted by Gasteiger charge is -2.12. The monoisotopic (exact) mass is 493 g/mol. The van der Waals surface area contributed by atoms with Crippen LogP contribution in [-0.2, 0) is 0 Å². The molecule has 0 bridgehead atoms. The molecule has 0 aliphatic rings. The zero-order chi connectivity index (χ0) is 24.6. The van der Waals surface area contributed by atoms with Crippen LogP contribution in [0.5, 0.6) is 5.75 Å². The minimum absolute atomic E-state index is 0.621. The third-order valence-electron chi connectivity index (χ3n) is 6.49. The molecule has 2 N–H and O–H groups in total. The summed E-state index contributed by atoms with van der Waals surface area (Å²) >= 11 is 1.71. The number of H-pyrrole nitrogens is 2. The Kier molecular flexibility index (Phi) is 5.79. The number of hydrogen-bond acceptors (Lipinski definition) is 5. The van der Waals surface area contributed by atoms with E-state index in [0.29, 0.717) is 6.61 Å². The lowest BCUT2D eigenvalue weighted by molar-refractivity contribution is 0.261. The van der Waals surface area contributed by atoms with Crippen molar-refractivity contribution in [1.82, 2.24) is 25.1 Å². The van der Waals surface area contributed by atoms with E-state index in [1.165, 1.54) is 16.5 Å². The average Bonchev–Trinajstić information content (AvgIpc) is 3.62. The Bertz CT molecular complexity index is 1660. The standard InChI is InChI=1S/C29H27N5OS/c1-18-11-27-25(13-23(18)20-12-21(16-30-15-20)35-9-8-34(2)3)29(33-32-27)28-14-24-22(19-7-10-36-17-19)5-4-6-26(24)31-28/h4-7,10-17,31H,8-9H2,1-3H3,(H,32,33). The fraction of sp³-hybridized carbons (Fsp3) is 0.172. The average molecular weight is 494 g/mol. The predicted octanol–water partition coefficient (Wildman–Crippen LogP) is 6.75. The second kappa shape index (κ2) is 9.26. The Morgan fingerprint density at radius 2 is 1.86 bits per heavy atom. The van der Waals surface area contributed by atoms with Crippen molar-refractivity contribution in [3.63, 3.8) is 0 Å². The largest absolute Gasteiger partial charge is 0.491 e. The molecule has 0 unspecified atom stereocenters. The molecule has 0 fully saturated rings. The van der Waals surface area contributed by atoms with Crippen molar-refractivity contribution in [1.29, 1.82) is 0 Å². The zero-order valence-corrected chi connectivity index (χ0v) is 21.3. The van der Waals surface area contributed by atoms with E-state index in [-0.39, 0.29) is 0 Å². The van der Waals surface area contributed by atoms with Gasteiger partial charge in [-0.15, -0.1) is 0 Å². The molecule has 0 aliphatic carbocycles. The maximum Gasteiger partial charge on any atom is 0.138 e. The number of pyridine rings is 1. The first-order chi connectivity index (χ1) is 17.6. The molecular formula is C29H27N5OS. The number of fused-ring (bicyclic) bond motifs is 2. The molecule has 6 aromatic rings. The molecule has 4 heterocycles. The molecule has 0 spiro atoms. The number of hydrogen-bond donors (Lipinski definition) is 2. The number of ether oxygens (including phenoxy) is 1. The van der Waals surface area contributed by atoms with Gasteiger partial charge in [-0.2, -0.15) is 16.4 Å². The normalized spacial score (nSPS) is 11.7. The first kappa shape index (κ1) is 22.5. The van der Waals surface area contributed by atoms with Crippen molar-refractivity contribution in [3.8, 4) is 39.4 Å². The van der Waals surface area contributed by atoms with E-state index in [1.807, 2.05) is 20.3 Å². The van der Waals surface area contributed by atoms with E-state index >= 15 is 0 Å². The number of nitrogens with zero attached hydrogens (tertiary/aromatic N) is 3. The molecule has 36 heavy (non-hydrogen) atoms. The summed E-state index contributed by atoms with van der Waals surface area (Å²) in [5.74, 6) is 0.776. The van der Waals surface area contributed by atoms with Crippen molar-refractivity contribution in [2.45, 2.75) is 6.92 Å². The fourth-order valence-electron chi connectivity index (χ4n) is 4.63. The quantitative estimate of drug-likeness (QED) is 0.258. The Balaban J connectivity index is 1.41. The molecule has 180 valence electrons. The van der Waals surface area contributed by atoms with Crippen molar-refractivity contribution in [3.05, 3.63) is 77.2 Å². The van der Waals surface area contributed by atoms with E-state index in [4.69, 9.17) is 9.84 Å². The highest BCUT2D eigenvalue weighted by atomic mass is 32.1. The first-order valence-corrected chi connectivity index (χ1v) is 12.9. The van der Waals surface area contributed by atoms with Crippen LogP contribution in [0.1, 0.15) is 5.56 Å². The SMILES string of the molecule is Cc1cc2[nH]nc(-c3cc4c(-c5ccsc5)cccc4[nH]3)c2cc1-c1cncc(OCCN(C)C)c1. The third kappa shape index (κ3) is 4.17. The lowest BCUT2D eigenvalue weighted by atomic mass is 9.98. The van der Waals surface area contributed by atoms with E-state index in [9.17, 15) is 0 Å². The Morgan fingerprint density at radius 1 is 0.944 bits per heavy atom. The smallest absolute Gasteiger partial charge is 0.138 e. The number of benzene rings is 2. The first-order valence-electron chi connectivity index (χ1n) is 11.9. The molecule has 2 aromatic carbocycles. The summed E-state index contributed by atoms with van der Waals surface area (Å²) in [4.78, 5) is 10.1. The summed E-state index contributed by atoms with van der Waals surface area (Å²) in [6.07, 6.45) is 3.66. The van der Waals surface area contributed by atoms with Crippen LogP contribution < -0.4 is 4.74 Å². The van der Waals surface area contributed by atoms with Crippen LogP contribution in [0, 0.1) is 6.92 Å². The summed E-state index contributed by atoms with van der Waals surface area (Å²) < 4.78 is 5.93. The Morgan fingerprint density at radius 3 is 2.69 bits per heavy atom. The second-order valence-corrected chi connectivity index (χ2v) is 10.1. The molecular weight excluding hydrogens is 466 g/mol. The summed E-state index contributed by atoms with van der Waals surface area (Å²) in [6.45, 7) is 3.59. The maximum absolute atomic E-state index is 5.93. The molecule has 0 aliphatic heterocycles. The summed E-state index contributed by atoms with van der Waals surface area (Å²) in [6, 6.07) is 17.2. The molecule has 7 heteroatoms. The van der Waals surface area contributed by atoms with Gasteiger partial charge in [0.1, 0.15) is 18.1 Å². The molecule has 0 amide bonds. The van der Waals surface area contributed by atoms with Crippen LogP contribution in [0.4, 0.5) is 0 Å². The van der Waals surface area contributed by atoms with Crippen molar-refractivity contribution >= 4 is 33.1 Å². The van der Waals surface area contributed by atoms with Gasteiger partial charge in [-0.25, -0.2) is 0 Å². The number of aromatic nitrogens is 4. The third-order valence-corrected chi connectivity index (χ3v) is 7.17. The van der Waals surface area contributed by atoms with Crippen LogP contribution in [0.3, 0.4) is 0 Å². The van der Waals surface area contributed by atoms with Gasteiger partial charge in [-0.1, -0.05) is 12.1 Å². The van der Waals surface area contributed by atoms with Gasteiger partial charge in [0.05, 0.1) is 17.4 Å². The molecule has 6 nitrogen and oxygen atoms in total. The molecule has 0 saturated carbocycles. The van der Waals surface area contributed by atoms with Gasteiger partial charge in [0.15, 0.2) is 0 Å². The summed E-state index contributed by atoms with van der Waals surface area (Å²) in [5.41, 5.74) is 9.77. The van der Waals surface area contributed by atoms with E-state index in [1.54, 1.807) is 17.5 Å². The van der Waals surface area contributed by atoms with E-state index < -0.39 is 0 Å². The van der Waals surface area contributed by atoms with Crippen LogP contribution in [0.2, 0.25) is 0 Å². The van der Waals surface area contributed by atoms with Gasteiger partial charge in [0, 0.05) is 34.6 Å². The Hall–Kier alpha value is -3.94. The predicted molar refractivity (Wildman–Crippen MR) is 149 cm³/mol. The minimum atomic E-state index is 0.621. The van der Waals surface area contributed by atoms with Gasteiger partial charge >= 0.3 is 0 Å². The minimum Gasteiger partial charge on any atom is -0.491 e. The van der Waals surface area contributed by atoms with Gasteiger partial charge in [-0.3, -0.25) is 10.1 Å². The lowest BCUT2D eigenvalue weighted by Crippen LogP contribution is -2.19. The number of thiophene rings is 1. The number of rotatable bonds is 7. The van der Waals surface area contributed by atoms with Crippen LogP contribution >= 0.6 is 11.3 Å². The highest BCUT2D eigenvalue weighted by Crippen LogP contribution is 2.37. The van der Waals surface area contributed by atoms with Gasteiger partial charge < -0.3 is 14.6 Å². The molecule has 0 saturated heterocycles. The Labute approximate surface area is 213 Å². The number of likely N-dealkylation sites (N-methyl/N-ethyl adjacent to an activating group) is 1. The topological polar surface area (TPSA) is 69.8 Å². The van der Waals surface area contributed by atoms with E-state index in [2.05, 4.69) is 86.2 Å². The zero-order valence-electron chi connectivity index (χ0n) is 20.5. The number of aromatic amines is 2. The van der Waals surface area contributed by atoms with Gasteiger partial charge in [0.2, 0.25) is 0 Å². The van der Waals surface area contributed by atoms with Crippen LogP contribution in [-0.4, -0.2) is 52.3 Å². The molecule has 0 atom stereocenters. The summed E-state index contributed by atoms with van der Waals surface area (Å²) in [5, 5.41) is 14.5. The van der Waals surface area contributed by atoms with Gasteiger partial charge in [0.25, 0.3) is 0 Å². The molecule has 6 rings (SSSR count). The summed E-state index contributed by atoms with van der Waals surface area (Å²) in [7, 11) is 4.07. The van der Waals surface area contributed by atoms with Crippen molar-refractivity contribution in [2.24, 2.45) is 0 Å². The molecule has 0 radical (unpaired) electrons. The number of nitrogens with one attached hydrogen (secondary N) is 2. The van der Waals surface area contributed by atoms with Gasteiger partial charge in [-0.05, 0) is 90.4 Å². The van der Waals surface area contributed by atoms with Crippen molar-refractivity contribution in [2.75, 3.05) is 27.2 Å². The maximum atomic E-state index is 5.93. The fourth-order valence-corrected chi connectivity index (χ4v) is 5.29. The number of aryl methyl sites for hydroxylation is 1. The molecule has 4 aromatic heterocycles. The van der Waals surface area contributed by atoms with Crippen LogP contribution in [0.15, 0.2) is 71.7 Å². The highest BCUT2D eigenvalue weighted by Gasteiger charge is 2.16. The van der Waals surface area contributed by atoms with Crippen LogP contribution in [0.25, 0.3) is 55.4 Å².